The van der Waals surface area contributed by atoms with Crippen LogP contribution in [0.1, 0.15) is 42.3 Å². The second kappa shape index (κ2) is 10.6. The largest absolute Gasteiger partial charge is 0.493 e. The summed E-state index contributed by atoms with van der Waals surface area (Å²) in [4.78, 5) is 4.69. The Kier molecular flexibility index (Phi) is 8.18. The molecule has 1 unspecified atom stereocenters. The first-order valence-corrected chi connectivity index (χ1v) is 9.68. The van der Waals surface area contributed by atoms with Crippen LogP contribution in [0, 0.1) is 13.8 Å². The van der Waals surface area contributed by atoms with Gasteiger partial charge in [0.25, 0.3) is 0 Å². The van der Waals surface area contributed by atoms with Gasteiger partial charge >= 0.3 is 0 Å². The maximum absolute atomic E-state index is 5.42. The van der Waals surface area contributed by atoms with E-state index in [-0.39, 0.29) is 5.92 Å². The molecule has 1 heterocycles. The molecule has 0 bridgehead atoms. The summed E-state index contributed by atoms with van der Waals surface area (Å²) < 4.78 is 21.5. The second-order valence-corrected chi connectivity index (χ2v) is 6.75. The van der Waals surface area contributed by atoms with Crippen molar-refractivity contribution in [2.75, 3.05) is 34.4 Å². The van der Waals surface area contributed by atoms with Crippen molar-refractivity contribution < 1.29 is 18.7 Å². The summed E-state index contributed by atoms with van der Waals surface area (Å²) in [6.45, 7) is 10.0. The molecule has 0 aliphatic heterocycles. The van der Waals surface area contributed by atoms with Crippen LogP contribution in [0.3, 0.4) is 0 Å². The predicted octanol–water partition coefficient (Wildman–Crippen LogP) is 3.18. The zero-order valence-electron chi connectivity index (χ0n) is 18.4. The second-order valence-electron chi connectivity index (χ2n) is 6.75. The van der Waals surface area contributed by atoms with Gasteiger partial charge in [-0.05, 0) is 38.5 Å². The lowest BCUT2D eigenvalue weighted by Crippen LogP contribution is -2.39. The van der Waals surface area contributed by atoms with Crippen LogP contribution in [0.4, 0.5) is 0 Å². The molecule has 0 amide bonds. The monoisotopic (exact) mass is 404 g/mol. The fraction of sp³-hybridized carbons (Fsp3) is 0.524. The van der Waals surface area contributed by atoms with Gasteiger partial charge in [-0.15, -0.1) is 0 Å². The highest BCUT2D eigenvalue weighted by molar-refractivity contribution is 5.79. The fourth-order valence-corrected chi connectivity index (χ4v) is 3.28. The van der Waals surface area contributed by atoms with Crippen molar-refractivity contribution in [1.82, 2.24) is 15.8 Å². The molecule has 1 atom stereocenters. The van der Waals surface area contributed by atoms with E-state index in [1.165, 1.54) is 0 Å². The van der Waals surface area contributed by atoms with E-state index in [2.05, 4.69) is 22.7 Å². The van der Waals surface area contributed by atoms with Crippen LogP contribution in [0.5, 0.6) is 17.2 Å². The lowest BCUT2D eigenvalue weighted by atomic mass is 10.00. The molecule has 2 rings (SSSR count). The minimum Gasteiger partial charge on any atom is -0.493 e. The third kappa shape index (κ3) is 5.56. The highest BCUT2D eigenvalue weighted by Crippen LogP contribution is 2.38. The molecule has 1 aromatic heterocycles. The van der Waals surface area contributed by atoms with E-state index in [0.717, 1.165) is 35.1 Å². The predicted molar refractivity (Wildman–Crippen MR) is 113 cm³/mol. The summed E-state index contributed by atoms with van der Waals surface area (Å²) in [6.07, 6.45) is 0. The van der Waals surface area contributed by atoms with Crippen molar-refractivity contribution in [1.29, 1.82) is 0 Å². The van der Waals surface area contributed by atoms with Gasteiger partial charge in [0.1, 0.15) is 5.76 Å². The van der Waals surface area contributed by atoms with Crippen molar-refractivity contribution in [3.8, 4) is 17.2 Å². The summed E-state index contributed by atoms with van der Waals surface area (Å²) in [5, 5.41) is 10.7. The van der Waals surface area contributed by atoms with E-state index in [9.17, 15) is 0 Å². The molecule has 0 aliphatic rings. The quantitative estimate of drug-likeness (QED) is 0.490. The first-order valence-electron chi connectivity index (χ1n) is 9.68. The first-order chi connectivity index (χ1) is 13.9. The number of guanidine groups is 1. The number of aryl methyl sites for hydroxylation is 2. The van der Waals surface area contributed by atoms with E-state index in [4.69, 9.17) is 23.7 Å². The van der Waals surface area contributed by atoms with E-state index < -0.39 is 0 Å². The summed E-state index contributed by atoms with van der Waals surface area (Å²) >= 11 is 0. The summed E-state index contributed by atoms with van der Waals surface area (Å²) in [6, 6.07) is 3.81. The van der Waals surface area contributed by atoms with E-state index in [1.807, 2.05) is 32.9 Å². The molecule has 160 valence electrons. The Hall–Kier alpha value is -2.90. The van der Waals surface area contributed by atoms with Crippen molar-refractivity contribution in [2.45, 2.75) is 40.2 Å². The van der Waals surface area contributed by atoms with Crippen LogP contribution in [0.2, 0.25) is 0 Å². The average molecular weight is 405 g/mol. The maximum atomic E-state index is 5.42. The number of aromatic nitrogens is 1. The molecule has 0 radical (unpaired) electrons. The number of nitrogens with zero attached hydrogens (tertiary/aromatic N) is 2. The maximum Gasteiger partial charge on any atom is 0.203 e. The Morgan fingerprint density at radius 1 is 1.10 bits per heavy atom. The van der Waals surface area contributed by atoms with Gasteiger partial charge < -0.3 is 29.4 Å². The molecular weight excluding hydrogens is 372 g/mol. The average Bonchev–Trinajstić information content (AvgIpc) is 3.06. The number of rotatable bonds is 9. The highest BCUT2D eigenvalue weighted by Gasteiger charge is 2.17. The van der Waals surface area contributed by atoms with Crippen LogP contribution in [-0.4, -0.2) is 45.5 Å². The Labute approximate surface area is 172 Å². The van der Waals surface area contributed by atoms with E-state index >= 15 is 0 Å². The highest BCUT2D eigenvalue weighted by atomic mass is 16.5. The van der Waals surface area contributed by atoms with Gasteiger partial charge in [0.2, 0.25) is 5.75 Å². The number of hydrogen-bond donors (Lipinski definition) is 2. The molecule has 0 aliphatic carbocycles. The van der Waals surface area contributed by atoms with Gasteiger partial charge in [-0.2, -0.15) is 0 Å². The van der Waals surface area contributed by atoms with Crippen molar-refractivity contribution in [3.05, 3.63) is 34.7 Å². The van der Waals surface area contributed by atoms with Gasteiger partial charge in [-0.1, -0.05) is 12.1 Å². The van der Waals surface area contributed by atoms with Crippen LogP contribution < -0.4 is 24.8 Å². The normalized spacial score (nSPS) is 12.4. The smallest absolute Gasteiger partial charge is 0.203 e. The van der Waals surface area contributed by atoms with Crippen molar-refractivity contribution >= 4 is 5.96 Å². The summed E-state index contributed by atoms with van der Waals surface area (Å²) in [5.41, 5.74) is 3.02. The van der Waals surface area contributed by atoms with Gasteiger partial charge in [-0.25, -0.2) is 4.99 Å². The molecule has 1 aromatic carbocycles. The molecule has 8 nitrogen and oxygen atoms in total. The Morgan fingerprint density at radius 2 is 1.76 bits per heavy atom. The standard InChI is InChI=1S/C21H32N4O4/c1-8-22-21(23-11-13(2)19-14(3)25-29-15(19)4)24-12-16-9-17(26-5)20(28-7)18(10-16)27-6/h9-10,13H,8,11-12H2,1-7H3,(H2,22,23,24). The number of benzene rings is 1. The molecular formula is C21H32N4O4. The summed E-state index contributed by atoms with van der Waals surface area (Å²) in [5.74, 6) is 3.63. The van der Waals surface area contributed by atoms with Crippen LogP contribution >= 0.6 is 0 Å². The molecule has 2 N–H and O–H groups in total. The lowest BCUT2D eigenvalue weighted by molar-refractivity contribution is 0.324. The van der Waals surface area contributed by atoms with Crippen LogP contribution in [0.25, 0.3) is 0 Å². The first kappa shape index (κ1) is 22.4. The molecule has 0 spiro atoms. The van der Waals surface area contributed by atoms with Gasteiger partial charge in [0.15, 0.2) is 17.5 Å². The number of ether oxygens (including phenoxy) is 3. The minimum absolute atomic E-state index is 0.242. The van der Waals surface area contributed by atoms with E-state index in [1.54, 1.807) is 21.3 Å². The van der Waals surface area contributed by atoms with Gasteiger partial charge in [0, 0.05) is 24.6 Å². The van der Waals surface area contributed by atoms with Crippen LogP contribution in [-0.2, 0) is 6.54 Å². The van der Waals surface area contributed by atoms with Gasteiger partial charge in [0.05, 0.1) is 33.6 Å². The third-order valence-electron chi connectivity index (χ3n) is 4.65. The molecule has 2 aromatic rings. The number of aliphatic imine (C=N–C) groups is 1. The Balaban J connectivity index is 2.12. The topological polar surface area (TPSA) is 90.1 Å². The zero-order chi connectivity index (χ0) is 21.4. The Bertz CT molecular complexity index is 788. The number of methoxy groups -OCH3 is 3. The molecule has 0 fully saturated rings. The zero-order valence-corrected chi connectivity index (χ0v) is 18.4. The lowest BCUT2D eigenvalue weighted by Gasteiger charge is -2.16. The molecule has 8 heteroatoms. The van der Waals surface area contributed by atoms with E-state index in [0.29, 0.717) is 30.3 Å². The molecule has 0 saturated heterocycles. The SMILES string of the molecule is CCNC(=NCc1cc(OC)c(OC)c(OC)c1)NCC(C)c1c(C)noc1C. The molecule has 0 saturated carbocycles. The fourth-order valence-electron chi connectivity index (χ4n) is 3.28. The third-order valence-corrected chi connectivity index (χ3v) is 4.65. The number of nitrogens with one attached hydrogen (secondary N) is 2. The van der Waals surface area contributed by atoms with Crippen molar-refractivity contribution in [3.63, 3.8) is 0 Å². The number of hydrogen-bond acceptors (Lipinski definition) is 6. The summed E-state index contributed by atoms with van der Waals surface area (Å²) in [7, 11) is 4.80. The minimum atomic E-state index is 0.242. The van der Waals surface area contributed by atoms with Gasteiger partial charge in [-0.3, -0.25) is 0 Å². The Morgan fingerprint density at radius 3 is 2.24 bits per heavy atom. The van der Waals surface area contributed by atoms with Crippen molar-refractivity contribution in [2.24, 2.45) is 4.99 Å². The van der Waals surface area contributed by atoms with Crippen LogP contribution in [0.15, 0.2) is 21.6 Å². The molecule has 29 heavy (non-hydrogen) atoms.